The lowest BCUT2D eigenvalue weighted by Crippen LogP contribution is -2.36. The van der Waals surface area contributed by atoms with E-state index in [1.54, 1.807) is 6.92 Å². The van der Waals surface area contributed by atoms with Gasteiger partial charge in [0, 0.05) is 25.6 Å². The van der Waals surface area contributed by atoms with Crippen LogP contribution in [0.2, 0.25) is 0 Å². The van der Waals surface area contributed by atoms with E-state index >= 15 is 0 Å². The first-order chi connectivity index (χ1) is 10.6. The minimum absolute atomic E-state index is 0.0677. The van der Waals surface area contributed by atoms with E-state index in [-0.39, 0.29) is 30.2 Å². The molecule has 22 heavy (non-hydrogen) atoms. The number of nitrogens with zero attached hydrogens (tertiary/aromatic N) is 2. The largest absolute Gasteiger partial charge is 0.391 e. The highest BCUT2D eigenvalue weighted by atomic mass is 16.5. The number of aliphatic hydroxyl groups excluding tert-OH is 1. The summed E-state index contributed by atoms with van der Waals surface area (Å²) >= 11 is 0. The number of nitrogens with one attached hydrogen (secondary N) is 1. The third-order valence-corrected chi connectivity index (χ3v) is 3.99. The van der Waals surface area contributed by atoms with E-state index < -0.39 is 0 Å². The predicted molar refractivity (Wildman–Crippen MR) is 79.1 cm³/mol. The lowest BCUT2D eigenvalue weighted by Gasteiger charge is -2.20. The third kappa shape index (κ3) is 3.65. The zero-order valence-corrected chi connectivity index (χ0v) is 13.1. The van der Waals surface area contributed by atoms with E-state index in [1.807, 2.05) is 11.8 Å². The first-order valence-corrected chi connectivity index (χ1v) is 7.71. The van der Waals surface area contributed by atoms with E-state index in [2.05, 4.69) is 10.5 Å². The molecule has 1 fully saturated rings. The quantitative estimate of drug-likeness (QED) is 0.846. The molecule has 0 bridgehead atoms. The van der Waals surface area contributed by atoms with Crippen molar-refractivity contribution < 1.29 is 19.2 Å². The molecule has 7 nitrogen and oxygen atoms in total. The Balaban J connectivity index is 1.98. The van der Waals surface area contributed by atoms with Crippen molar-refractivity contribution in [1.82, 2.24) is 15.4 Å². The zero-order chi connectivity index (χ0) is 16.1. The summed E-state index contributed by atoms with van der Waals surface area (Å²) in [6.45, 7) is 4.83. The van der Waals surface area contributed by atoms with Gasteiger partial charge in [-0.15, -0.1) is 0 Å². The zero-order valence-electron chi connectivity index (χ0n) is 13.1. The molecule has 122 valence electrons. The van der Waals surface area contributed by atoms with Crippen molar-refractivity contribution in [2.45, 2.75) is 52.2 Å². The number of carbonyl (C=O) groups is 2. The summed E-state index contributed by atoms with van der Waals surface area (Å²) < 4.78 is 4.95. The van der Waals surface area contributed by atoms with E-state index in [0.29, 0.717) is 30.7 Å². The molecular formula is C15H23N3O4. The first kappa shape index (κ1) is 16.5. The number of aryl methyl sites for hydroxylation is 1. The van der Waals surface area contributed by atoms with Gasteiger partial charge in [0.05, 0.1) is 12.2 Å². The fourth-order valence-corrected chi connectivity index (χ4v) is 2.70. The number of rotatable bonds is 5. The number of hydrogen-bond donors (Lipinski definition) is 2. The number of aromatic nitrogens is 1. The Bertz CT molecular complexity index is 541. The molecule has 0 aromatic carbocycles. The minimum Gasteiger partial charge on any atom is -0.391 e. The first-order valence-electron chi connectivity index (χ1n) is 7.71. The summed E-state index contributed by atoms with van der Waals surface area (Å²) in [5.74, 6) is 0.229. The van der Waals surface area contributed by atoms with Gasteiger partial charge in [0.25, 0.3) is 5.91 Å². The van der Waals surface area contributed by atoms with Gasteiger partial charge >= 0.3 is 0 Å². The van der Waals surface area contributed by atoms with Gasteiger partial charge in [0.2, 0.25) is 5.91 Å². The van der Waals surface area contributed by atoms with Crippen LogP contribution in [0.1, 0.15) is 54.4 Å². The SMILES string of the molecule is CCCN1CCC(NC(=O)c2noc(C)c2CO)CCC1=O. The highest BCUT2D eigenvalue weighted by molar-refractivity contribution is 5.94. The summed E-state index contributed by atoms with van der Waals surface area (Å²) in [6, 6.07) is -0.0677. The van der Waals surface area contributed by atoms with Crippen LogP contribution < -0.4 is 5.32 Å². The maximum atomic E-state index is 12.3. The highest BCUT2D eigenvalue weighted by Crippen LogP contribution is 2.16. The molecule has 1 saturated heterocycles. The smallest absolute Gasteiger partial charge is 0.274 e. The monoisotopic (exact) mass is 309 g/mol. The van der Waals surface area contributed by atoms with Crippen LogP contribution in [0.4, 0.5) is 0 Å². The molecule has 0 saturated carbocycles. The third-order valence-electron chi connectivity index (χ3n) is 3.99. The van der Waals surface area contributed by atoms with Gasteiger partial charge in [0.15, 0.2) is 5.69 Å². The molecule has 0 radical (unpaired) electrons. The van der Waals surface area contributed by atoms with Gasteiger partial charge < -0.3 is 19.8 Å². The molecule has 1 aromatic rings. The van der Waals surface area contributed by atoms with Gasteiger partial charge in [-0.05, 0) is 26.2 Å². The van der Waals surface area contributed by atoms with Crippen molar-refractivity contribution in [1.29, 1.82) is 0 Å². The van der Waals surface area contributed by atoms with Crippen LogP contribution in [0.25, 0.3) is 0 Å². The molecule has 1 aromatic heterocycles. The topological polar surface area (TPSA) is 95.7 Å². The average molecular weight is 309 g/mol. The van der Waals surface area contributed by atoms with Gasteiger partial charge in [-0.25, -0.2) is 0 Å². The Hall–Kier alpha value is -1.89. The van der Waals surface area contributed by atoms with Crippen molar-refractivity contribution in [3.8, 4) is 0 Å². The number of carbonyl (C=O) groups excluding carboxylic acids is 2. The van der Waals surface area contributed by atoms with Gasteiger partial charge in [-0.2, -0.15) is 0 Å². The molecule has 1 atom stereocenters. The Morgan fingerprint density at radius 2 is 2.27 bits per heavy atom. The molecule has 0 aliphatic carbocycles. The van der Waals surface area contributed by atoms with Crippen LogP contribution in [-0.2, 0) is 11.4 Å². The number of amides is 2. The molecule has 1 unspecified atom stereocenters. The Kier molecular flexibility index (Phi) is 5.54. The summed E-state index contributed by atoms with van der Waals surface area (Å²) in [4.78, 5) is 26.1. The molecule has 2 N–H and O–H groups in total. The van der Waals surface area contributed by atoms with E-state index in [4.69, 9.17) is 4.52 Å². The Morgan fingerprint density at radius 3 is 2.95 bits per heavy atom. The average Bonchev–Trinajstić information content (AvgIpc) is 2.80. The van der Waals surface area contributed by atoms with E-state index in [1.165, 1.54) is 0 Å². The van der Waals surface area contributed by atoms with Crippen LogP contribution >= 0.6 is 0 Å². The molecule has 0 spiro atoms. The minimum atomic E-state index is -0.359. The Morgan fingerprint density at radius 1 is 1.50 bits per heavy atom. The maximum Gasteiger partial charge on any atom is 0.274 e. The molecular weight excluding hydrogens is 286 g/mol. The van der Waals surface area contributed by atoms with Gasteiger partial charge in [-0.1, -0.05) is 12.1 Å². The second kappa shape index (κ2) is 7.40. The van der Waals surface area contributed by atoms with Crippen LogP contribution in [0.3, 0.4) is 0 Å². The number of hydrogen-bond acceptors (Lipinski definition) is 5. The molecule has 1 aliphatic rings. The molecule has 2 amide bonds. The van der Waals surface area contributed by atoms with Crippen molar-refractivity contribution in [2.24, 2.45) is 0 Å². The summed E-state index contributed by atoms with van der Waals surface area (Å²) in [5.41, 5.74) is 0.538. The summed E-state index contributed by atoms with van der Waals surface area (Å²) in [7, 11) is 0. The predicted octanol–water partition coefficient (Wildman–Crippen LogP) is 0.996. The van der Waals surface area contributed by atoms with Crippen molar-refractivity contribution >= 4 is 11.8 Å². The van der Waals surface area contributed by atoms with Crippen LogP contribution in [0.5, 0.6) is 0 Å². The highest BCUT2D eigenvalue weighted by Gasteiger charge is 2.25. The van der Waals surface area contributed by atoms with Crippen LogP contribution in [0, 0.1) is 6.92 Å². The summed E-state index contributed by atoms with van der Waals surface area (Å²) in [5, 5.41) is 15.9. The fraction of sp³-hybridized carbons (Fsp3) is 0.667. The Labute approximate surface area is 129 Å². The molecule has 1 aliphatic heterocycles. The second-order valence-electron chi connectivity index (χ2n) is 5.60. The normalized spacial score (nSPS) is 19.1. The van der Waals surface area contributed by atoms with Crippen molar-refractivity contribution in [3.63, 3.8) is 0 Å². The van der Waals surface area contributed by atoms with E-state index in [9.17, 15) is 14.7 Å². The van der Waals surface area contributed by atoms with Crippen LogP contribution in [0.15, 0.2) is 4.52 Å². The second-order valence-corrected chi connectivity index (χ2v) is 5.60. The fourth-order valence-electron chi connectivity index (χ4n) is 2.70. The summed E-state index contributed by atoms with van der Waals surface area (Å²) in [6.07, 6.45) is 2.72. The van der Waals surface area contributed by atoms with Crippen molar-refractivity contribution in [2.75, 3.05) is 13.1 Å². The maximum absolute atomic E-state index is 12.3. The molecule has 2 rings (SSSR count). The molecule has 7 heteroatoms. The number of likely N-dealkylation sites (tertiary alicyclic amines) is 1. The van der Waals surface area contributed by atoms with Gasteiger partial charge in [0.1, 0.15) is 5.76 Å². The lowest BCUT2D eigenvalue weighted by atomic mass is 10.1. The number of aliphatic hydroxyl groups is 1. The molecule has 2 heterocycles. The van der Waals surface area contributed by atoms with Gasteiger partial charge in [-0.3, -0.25) is 9.59 Å². The van der Waals surface area contributed by atoms with E-state index in [0.717, 1.165) is 19.4 Å². The van der Waals surface area contributed by atoms with Crippen molar-refractivity contribution in [3.05, 3.63) is 17.0 Å². The lowest BCUT2D eigenvalue weighted by molar-refractivity contribution is -0.130. The standard InChI is InChI=1S/C15H23N3O4/c1-3-7-18-8-6-11(4-5-13(18)20)16-15(21)14-12(9-19)10(2)22-17-14/h11,19H,3-9H2,1-2H3,(H,16,21). The van der Waals surface area contributed by atoms with Crippen LogP contribution in [-0.4, -0.2) is 46.1 Å².